The second-order valence-corrected chi connectivity index (χ2v) is 5.71. The maximum atomic E-state index is 14.5. The molecule has 2 amide bonds. The van der Waals surface area contributed by atoms with Gasteiger partial charge in [-0.2, -0.15) is 0 Å². The number of hydrogen-bond acceptors (Lipinski definition) is 5. The zero-order chi connectivity index (χ0) is 16.9. The number of nitrogens with zero attached hydrogens (tertiary/aromatic N) is 2. The Labute approximate surface area is 139 Å². The van der Waals surface area contributed by atoms with Gasteiger partial charge in [0.2, 0.25) is 6.41 Å². The number of rotatable bonds is 6. The molecule has 130 valence electrons. The summed E-state index contributed by atoms with van der Waals surface area (Å²) < 4.78 is 25.0. The molecule has 1 atom stereocenters. The van der Waals surface area contributed by atoms with E-state index in [1.165, 1.54) is 11.0 Å². The van der Waals surface area contributed by atoms with Crippen LogP contribution in [0.2, 0.25) is 0 Å². The van der Waals surface area contributed by atoms with Crippen molar-refractivity contribution >= 4 is 23.9 Å². The lowest BCUT2D eigenvalue weighted by Gasteiger charge is -2.29. The predicted molar refractivity (Wildman–Crippen MR) is 85.7 cm³/mol. The molecule has 1 aromatic rings. The van der Waals surface area contributed by atoms with Crippen molar-refractivity contribution in [3.05, 3.63) is 24.0 Å². The molecule has 1 N–H and O–H groups in total. The van der Waals surface area contributed by atoms with Crippen LogP contribution in [0.15, 0.2) is 18.2 Å². The minimum Gasteiger partial charge on any atom is -0.444 e. The molecule has 3 rings (SSSR count). The molecule has 24 heavy (non-hydrogen) atoms. The molecule has 0 spiro atoms. The molecule has 0 aliphatic carbocycles. The highest BCUT2D eigenvalue weighted by molar-refractivity contribution is 5.90. The van der Waals surface area contributed by atoms with Crippen LogP contribution >= 0.6 is 0 Å². The zero-order valence-corrected chi connectivity index (χ0v) is 13.2. The molecule has 0 aromatic heterocycles. The topological polar surface area (TPSA) is 71.1 Å². The van der Waals surface area contributed by atoms with E-state index in [9.17, 15) is 14.0 Å². The molecule has 0 unspecified atom stereocenters. The fraction of sp³-hybridized carbons (Fsp3) is 0.500. The summed E-state index contributed by atoms with van der Waals surface area (Å²) in [4.78, 5) is 25.6. The summed E-state index contributed by atoms with van der Waals surface area (Å²) in [6, 6.07) is 4.77. The molecule has 2 aliphatic heterocycles. The quantitative estimate of drug-likeness (QED) is 0.622. The molecular weight excluding hydrogens is 317 g/mol. The highest BCUT2D eigenvalue weighted by atomic mass is 19.1. The van der Waals surface area contributed by atoms with Crippen LogP contribution in [0.5, 0.6) is 0 Å². The van der Waals surface area contributed by atoms with Gasteiger partial charge in [0.05, 0.1) is 31.1 Å². The third kappa shape index (κ3) is 3.59. The van der Waals surface area contributed by atoms with Crippen LogP contribution in [0.1, 0.15) is 6.42 Å². The maximum absolute atomic E-state index is 14.5. The lowest BCUT2D eigenvalue weighted by atomic mass is 10.2. The number of ether oxygens (including phenoxy) is 2. The molecule has 2 saturated heterocycles. The first-order valence-electron chi connectivity index (χ1n) is 7.96. The summed E-state index contributed by atoms with van der Waals surface area (Å²) in [5, 5.41) is 2.53. The lowest BCUT2D eigenvalue weighted by molar-refractivity contribution is -0.109. The number of carbonyl (C=O) groups excluding carboxylic acids is 2. The Morgan fingerprint density at radius 1 is 1.33 bits per heavy atom. The number of morpholine rings is 1. The molecular formula is C16H20FN3O4. The van der Waals surface area contributed by atoms with E-state index in [1.807, 2.05) is 4.90 Å². The van der Waals surface area contributed by atoms with E-state index in [0.717, 1.165) is 0 Å². The van der Waals surface area contributed by atoms with E-state index in [4.69, 9.17) is 9.47 Å². The molecule has 8 heteroatoms. The Morgan fingerprint density at radius 2 is 2.12 bits per heavy atom. The van der Waals surface area contributed by atoms with Gasteiger partial charge in [-0.05, 0) is 18.2 Å². The second-order valence-electron chi connectivity index (χ2n) is 5.71. The third-order valence-electron chi connectivity index (χ3n) is 4.16. The first-order chi connectivity index (χ1) is 11.7. The summed E-state index contributed by atoms with van der Waals surface area (Å²) in [6.45, 7) is 3.23. The van der Waals surface area contributed by atoms with Crippen molar-refractivity contribution in [1.82, 2.24) is 5.32 Å². The molecule has 0 bridgehead atoms. The number of benzene rings is 1. The van der Waals surface area contributed by atoms with Crippen molar-refractivity contribution < 1.29 is 23.5 Å². The summed E-state index contributed by atoms with van der Waals surface area (Å²) >= 11 is 0. The van der Waals surface area contributed by atoms with Gasteiger partial charge in [0.1, 0.15) is 11.9 Å². The van der Waals surface area contributed by atoms with Crippen LogP contribution in [0.25, 0.3) is 0 Å². The summed E-state index contributed by atoms with van der Waals surface area (Å²) in [6.07, 6.45) is 0.320. The molecule has 0 radical (unpaired) electrons. The minimum atomic E-state index is -0.496. The van der Waals surface area contributed by atoms with Gasteiger partial charge in [-0.15, -0.1) is 0 Å². The Morgan fingerprint density at radius 3 is 2.83 bits per heavy atom. The Kier molecular flexibility index (Phi) is 5.14. The molecule has 2 fully saturated rings. The average Bonchev–Trinajstić information content (AvgIpc) is 2.96. The Bertz CT molecular complexity index is 607. The molecule has 2 aliphatic rings. The van der Waals surface area contributed by atoms with E-state index in [0.29, 0.717) is 63.6 Å². The summed E-state index contributed by atoms with van der Waals surface area (Å²) in [5.41, 5.74) is 0.988. The van der Waals surface area contributed by atoms with E-state index in [2.05, 4.69) is 5.32 Å². The van der Waals surface area contributed by atoms with Crippen LogP contribution in [0, 0.1) is 5.82 Å². The second kappa shape index (κ2) is 7.48. The van der Waals surface area contributed by atoms with Crippen molar-refractivity contribution in [3.8, 4) is 0 Å². The van der Waals surface area contributed by atoms with E-state index in [-0.39, 0.29) is 11.9 Å². The first-order valence-corrected chi connectivity index (χ1v) is 7.96. The summed E-state index contributed by atoms with van der Waals surface area (Å²) in [5.74, 6) is -0.367. The van der Waals surface area contributed by atoms with Crippen LogP contribution < -0.4 is 15.1 Å². The number of nitrogens with one attached hydrogen (secondary N) is 1. The van der Waals surface area contributed by atoms with Gasteiger partial charge in [-0.3, -0.25) is 9.69 Å². The number of hydrogen-bond donors (Lipinski definition) is 1. The fourth-order valence-electron chi connectivity index (χ4n) is 2.91. The monoisotopic (exact) mass is 337 g/mol. The highest BCUT2D eigenvalue weighted by Crippen LogP contribution is 2.28. The van der Waals surface area contributed by atoms with Crippen molar-refractivity contribution in [1.29, 1.82) is 0 Å². The number of cyclic esters (lactones) is 1. The van der Waals surface area contributed by atoms with Crippen molar-refractivity contribution in [2.75, 3.05) is 49.2 Å². The largest absolute Gasteiger partial charge is 0.444 e. The van der Waals surface area contributed by atoms with Gasteiger partial charge in [0.15, 0.2) is 0 Å². The zero-order valence-electron chi connectivity index (χ0n) is 13.2. The summed E-state index contributed by atoms with van der Waals surface area (Å²) in [7, 11) is 0. The van der Waals surface area contributed by atoms with Crippen molar-refractivity contribution in [2.45, 2.75) is 12.5 Å². The van der Waals surface area contributed by atoms with Gasteiger partial charge in [0.25, 0.3) is 0 Å². The maximum Gasteiger partial charge on any atom is 0.414 e. The van der Waals surface area contributed by atoms with Crippen LogP contribution in [-0.2, 0) is 14.3 Å². The standard InChI is InChI=1S/C16H20FN3O4/c17-14-9-12(1-2-15(14)19-5-7-23-8-6-19)20-10-13(24-16(20)22)3-4-18-11-21/h1-2,9,11,13H,3-8,10H2,(H,18,21)/t13-/m0/s1. The van der Waals surface area contributed by atoms with Crippen LogP contribution in [0.4, 0.5) is 20.6 Å². The number of anilines is 2. The first kappa shape index (κ1) is 16.5. The molecule has 0 saturated carbocycles. The van der Waals surface area contributed by atoms with Crippen molar-refractivity contribution in [3.63, 3.8) is 0 Å². The average molecular weight is 337 g/mol. The lowest BCUT2D eigenvalue weighted by Crippen LogP contribution is -2.36. The van der Waals surface area contributed by atoms with Gasteiger partial charge in [-0.25, -0.2) is 9.18 Å². The number of carbonyl (C=O) groups is 2. The fourth-order valence-corrected chi connectivity index (χ4v) is 2.91. The predicted octanol–water partition coefficient (Wildman–Crippen LogP) is 1.12. The van der Waals surface area contributed by atoms with Gasteiger partial charge >= 0.3 is 6.09 Å². The van der Waals surface area contributed by atoms with Gasteiger partial charge < -0.3 is 19.7 Å². The SMILES string of the molecule is O=CNCC[C@H]1CN(c2ccc(N3CCOCC3)c(F)c2)C(=O)O1. The number of halogens is 1. The van der Waals surface area contributed by atoms with Gasteiger partial charge in [0, 0.05) is 26.1 Å². The molecule has 2 heterocycles. The smallest absolute Gasteiger partial charge is 0.414 e. The van der Waals surface area contributed by atoms with E-state index in [1.54, 1.807) is 12.1 Å². The normalized spacial score (nSPS) is 20.9. The molecule has 7 nitrogen and oxygen atoms in total. The Hall–Kier alpha value is -2.35. The Balaban J connectivity index is 1.67. The van der Waals surface area contributed by atoms with Crippen molar-refractivity contribution in [2.24, 2.45) is 0 Å². The van der Waals surface area contributed by atoms with E-state index < -0.39 is 6.09 Å². The van der Waals surface area contributed by atoms with Crippen LogP contribution in [-0.4, -0.2) is 58.0 Å². The number of amides is 2. The highest BCUT2D eigenvalue weighted by Gasteiger charge is 2.32. The van der Waals surface area contributed by atoms with E-state index >= 15 is 0 Å². The third-order valence-corrected chi connectivity index (χ3v) is 4.16. The van der Waals surface area contributed by atoms with Crippen LogP contribution in [0.3, 0.4) is 0 Å². The van der Waals surface area contributed by atoms with Gasteiger partial charge in [-0.1, -0.05) is 0 Å². The molecule has 1 aromatic carbocycles. The minimum absolute atomic E-state index is 0.313.